The Hall–Kier alpha value is -2.17. The first-order valence-electron chi connectivity index (χ1n) is 9.65. The molecule has 2 rings (SSSR count). The summed E-state index contributed by atoms with van der Waals surface area (Å²) in [6.45, 7) is 5.35. The molecule has 0 bridgehead atoms. The van der Waals surface area contributed by atoms with Crippen molar-refractivity contribution in [3.8, 4) is 5.75 Å². The molecule has 0 radical (unpaired) electrons. The normalized spacial score (nSPS) is 16.1. The fourth-order valence-corrected chi connectivity index (χ4v) is 3.25. The van der Waals surface area contributed by atoms with E-state index < -0.39 is 34.8 Å². The fraction of sp³-hybridized carbons (Fsp3) is 0.600. The summed E-state index contributed by atoms with van der Waals surface area (Å²) >= 11 is -2.74. The lowest BCUT2D eigenvalue weighted by Crippen LogP contribution is -2.48. The van der Waals surface area contributed by atoms with Crippen molar-refractivity contribution in [3.05, 3.63) is 23.8 Å². The van der Waals surface area contributed by atoms with Crippen molar-refractivity contribution in [1.29, 1.82) is 0 Å². The van der Waals surface area contributed by atoms with Crippen molar-refractivity contribution >= 4 is 28.9 Å². The van der Waals surface area contributed by atoms with Gasteiger partial charge in [-0.2, -0.15) is 0 Å². The molecule has 1 aliphatic carbocycles. The van der Waals surface area contributed by atoms with Crippen molar-refractivity contribution in [2.75, 3.05) is 31.6 Å². The van der Waals surface area contributed by atoms with Crippen LogP contribution in [0.4, 0.5) is 5.69 Å². The van der Waals surface area contributed by atoms with E-state index in [1.807, 2.05) is 0 Å². The number of carbonyl (C=O) groups excluding carboxylic acids is 1. The minimum Gasteiger partial charge on any atom is -0.755 e. The molecule has 0 saturated heterocycles. The average Bonchev–Trinajstić information content (AvgIpc) is 3.42. The van der Waals surface area contributed by atoms with Gasteiger partial charge in [-0.3, -0.25) is 18.2 Å². The predicted molar refractivity (Wildman–Crippen MR) is 111 cm³/mol. The van der Waals surface area contributed by atoms with Gasteiger partial charge in [-0.15, -0.1) is 0 Å². The number of hydrogen-bond acceptors (Lipinski definition) is 7. The van der Waals surface area contributed by atoms with Gasteiger partial charge < -0.3 is 19.1 Å². The number of esters is 1. The molecule has 30 heavy (non-hydrogen) atoms. The Labute approximate surface area is 179 Å². The zero-order valence-electron chi connectivity index (χ0n) is 17.9. The van der Waals surface area contributed by atoms with Crippen LogP contribution < -0.4 is 9.04 Å². The highest BCUT2D eigenvalue weighted by molar-refractivity contribution is 7.80. The quantitative estimate of drug-likeness (QED) is 0.433. The molecule has 1 aliphatic rings. The summed E-state index contributed by atoms with van der Waals surface area (Å²) in [5.74, 6) is -1.18. The minimum absolute atomic E-state index is 0.0162. The Morgan fingerprint density at radius 3 is 2.40 bits per heavy atom. The van der Waals surface area contributed by atoms with E-state index in [4.69, 9.17) is 9.47 Å². The molecule has 1 fully saturated rings. The smallest absolute Gasteiger partial charge is 0.335 e. The van der Waals surface area contributed by atoms with E-state index >= 15 is 0 Å². The van der Waals surface area contributed by atoms with Crippen LogP contribution in [-0.2, 0) is 20.8 Å². The van der Waals surface area contributed by atoms with Crippen molar-refractivity contribution in [3.63, 3.8) is 0 Å². The molecule has 0 aromatic heterocycles. The van der Waals surface area contributed by atoms with E-state index in [9.17, 15) is 23.5 Å². The summed E-state index contributed by atoms with van der Waals surface area (Å²) in [6, 6.07) is 3.11. The summed E-state index contributed by atoms with van der Waals surface area (Å²) in [4.78, 5) is 25.6. The van der Waals surface area contributed by atoms with Gasteiger partial charge in [0, 0.05) is 11.3 Å². The molecular weight excluding hydrogens is 412 g/mol. The molecule has 0 spiro atoms. The van der Waals surface area contributed by atoms with Gasteiger partial charge in [0.15, 0.2) is 0 Å². The molecule has 0 amide bonds. The number of rotatable bonds is 10. The Bertz CT molecular complexity index is 803. The summed E-state index contributed by atoms with van der Waals surface area (Å²) < 4.78 is 36.3. The average molecular weight is 442 g/mol. The number of carboxylic acid groups (broad SMARTS) is 1. The third-order valence-corrected chi connectivity index (χ3v) is 5.17. The van der Waals surface area contributed by atoms with E-state index in [1.54, 1.807) is 39.8 Å². The molecule has 1 saturated carbocycles. The van der Waals surface area contributed by atoms with Crippen LogP contribution in [0.15, 0.2) is 18.2 Å². The van der Waals surface area contributed by atoms with Gasteiger partial charge >= 0.3 is 11.9 Å². The Kier molecular flexibility index (Phi) is 7.84. The second-order valence-electron chi connectivity index (χ2n) is 8.53. The Balaban J connectivity index is 2.35. The predicted octanol–water partition coefficient (Wildman–Crippen LogP) is 2.05. The molecule has 168 valence electrons. The number of benzene rings is 1. The van der Waals surface area contributed by atoms with E-state index in [0.29, 0.717) is 12.5 Å². The van der Waals surface area contributed by atoms with Gasteiger partial charge in [0.25, 0.3) is 0 Å². The number of ether oxygens (including phenoxy) is 2. The summed E-state index contributed by atoms with van der Waals surface area (Å²) in [5.41, 5.74) is -0.573. The maximum atomic E-state index is 12.6. The van der Waals surface area contributed by atoms with Crippen molar-refractivity contribution in [1.82, 2.24) is 4.90 Å². The first-order chi connectivity index (χ1) is 13.9. The molecule has 0 heterocycles. The van der Waals surface area contributed by atoms with Gasteiger partial charge in [0.05, 0.1) is 24.4 Å². The fourth-order valence-electron chi connectivity index (χ4n) is 2.68. The monoisotopic (exact) mass is 441 g/mol. The highest BCUT2D eigenvalue weighted by atomic mass is 32.2. The topological polar surface area (TPSA) is 119 Å². The third-order valence-electron chi connectivity index (χ3n) is 4.47. The molecule has 0 aliphatic heterocycles. The van der Waals surface area contributed by atoms with Crippen LogP contribution in [0.5, 0.6) is 5.75 Å². The Morgan fingerprint density at radius 2 is 1.93 bits per heavy atom. The van der Waals surface area contributed by atoms with Gasteiger partial charge in [0.2, 0.25) is 0 Å². The number of carboxylic acids is 1. The molecule has 9 nitrogen and oxygen atoms in total. The van der Waals surface area contributed by atoms with Crippen LogP contribution in [0.25, 0.3) is 0 Å². The SMILES string of the molecule is CN(C)C(CN(c1ccc(C(=O)O)cc1OCC1CC1)S(=O)[O-])C(=O)OC(C)(C)C. The van der Waals surface area contributed by atoms with E-state index in [0.717, 1.165) is 17.1 Å². The van der Waals surface area contributed by atoms with Crippen LogP contribution in [-0.4, -0.2) is 69.6 Å². The maximum Gasteiger partial charge on any atom is 0.335 e. The van der Waals surface area contributed by atoms with E-state index in [2.05, 4.69) is 0 Å². The van der Waals surface area contributed by atoms with Gasteiger partial charge in [-0.1, -0.05) is 0 Å². The van der Waals surface area contributed by atoms with E-state index in [-0.39, 0.29) is 23.5 Å². The number of anilines is 1. The second kappa shape index (κ2) is 9.76. The summed E-state index contributed by atoms with van der Waals surface area (Å²) in [7, 11) is 3.30. The number of aromatic carboxylic acids is 1. The standard InChI is InChI=1S/C20H30N2O7S/c1-20(2,3)29-19(25)16(21(4)5)11-22(30(26)27)15-9-8-14(18(23)24)10-17(15)28-12-13-6-7-13/h8-10,13,16H,6-7,11-12H2,1-5H3,(H,23,24)(H,26,27)/p-1. The first kappa shape index (κ1) is 24.1. The molecule has 10 heteroatoms. The largest absolute Gasteiger partial charge is 0.755 e. The number of carbonyl (C=O) groups is 2. The van der Waals surface area contributed by atoms with Crippen LogP contribution in [0, 0.1) is 5.92 Å². The van der Waals surface area contributed by atoms with Crippen LogP contribution in [0.2, 0.25) is 0 Å². The lowest BCUT2D eigenvalue weighted by molar-refractivity contribution is -0.160. The third kappa shape index (κ3) is 6.96. The zero-order chi connectivity index (χ0) is 22.6. The summed E-state index contributed by atoms with van der Waals surface area (Å²) in [6.07, 6.45) is 2.04. The van der Waals surface area contributed by atoms with Gasteiger partial charge in [0.1, 0.15) is 17.4 Å². The molecular formula is C20H29N2O7S-. The molecule has 1 N–H and O–H groups in total. The summed E-state index contributed by atoms with van der Waals surface area (Å²) in [5, 5.41) is 9.28. The van der Waals surface area contributed by atoms with Gasteiger partial charge in [-0.25, -0.2) is 4.79 Å². The van der Waals surface area contributed by atoms with Crippen LogP contribution in [0.1, 0.15) is 44.0 Å². The Morgan fingerprint density at radius 1 is 1.30 bits per heavy atom. The van der Waals surface area contributed by atoms with Crippen molar-refractivity contribution in [2.45, 2.75) is 45.3 Å². The number of likely N-dealkylation sites (N-methyl/N-ethyl adjacent to an activating group) is 1. The highest BCUT2D eigenvalue weighted by Gasteiger charge is 2.31. The first-order valence-corrected chi connectivity index (χ1v) is 10.7. The molecule has 2 unspecified atom stereocenters. The minimum atomic E-state index is -2.74. The van der Waals surface area contributed by atoms with Crippen LogP contribution in [0.3, 0.4) is 0 Å². The van der Waals surface area contributed by atoms with Crippen molar-refractivity contribution in [2.24, 2.45) is 5.92 Å². The molecule has 2 atom stereocenters. The van der Waals surface area contributed by atoms with Crippen molar-refractivity contribution < 1.29 is 32.9 Å². The van der Waals surface area contributed by atoms with E-state index in [1.165, 1.54) is 18.2 Å². The molecule has 1 aromatic carbocycles. The van der Waals surface area contributed by atoms with Crippen LogP contribution >= 0.6 is 0 Å². The zero-order valence-corrected chi connectivity index (χ0v) is 18.7. The van der Waals surface area contributed by atoms with Gasteiger partial charge in [-0.05, 0) is 71.8 Å². The maximum absolute atomic E-state index is 12.6. The second-order valence-corrected chi connectivity index (χ2v) is 9.41. The lowest BCUT2D eigenvalue weighted by atomic mass is 10.1. The lowest BCUT2D eigenvalue weighted by Gasteiger charge is -2.34. The highest BCUT2D eigenvalue weighted by Crippen LogP contribution is 2.35. The number of nitrogens with zero attached hydrogens (tertiary/aromatic N) is 2. The number of hydrogen-bond donors (Lipinski definition) is 1. The molecule has 1 aromatic rings.